The molecule has 1 aromatic carbocycles. The van der Waals surface area contributed by atoms with Crippen molar-refractivity contribution in [3.63, 3.8) is 0 Å². The molecule has 0 aliphatic carbocycles. The number of H-pyrrole nitrogens is 1. The van der Waals surface area contributed by atoms with E-state index in [2.05, 4.69) is 15.3 Å². The van der Waals surface area contributed by atoms with E-state index in [0.717, 1.165) is 6.20 Å². The predicted octanol–water partition coefficient (Wildman–Crippen LogP) is 2.44. The number of benzene rings is 1. The molecule has 3 rings (SSSR count). The summed E-state index contributed by atoms with van der Waals surface area (Å²) in [4.78, 5) is 42.8. The van der Waals surface area contributed by atoms with Crippen molar-refractivity contribution in [3.8, 4) is 5.75 Å². The van der Waals surface area contributed by atoms with E-state index in [1.165, 1.54) is 33.9 Å². The largest absolute Gasteiger partial charge is 0.496 e. The number of nitrogens with zero attached hydrogens (tertiary/aromatic N) is 2. The number of hydrogen-bond acceptors (Lipinski definition) is 5. The second kappa shape index (κ2) is 10.1. The summed E-state index contributed by atoms with van der Waals surface area (Å²) in [6, 6.07) is 5.33. The number of fused-ring (bicyclic) bond motifs is 1. The van der Waals surface area contributed by atoms with Gasteiger partial charge in [0, 0.05) is 6.07 Å². The number of rotatable bonds is 5. The Bertz CT molecular complexity index is 1230. The first-order valence-electron chi connectivity index (χ1n) is 9.46. The number of aromatic amines is 1. The third-order valence-electron chi connectivity index (χ3n) is 3.83. The van der Waals surface area contributed by atoms with Crippen molar-refractivity contribution in [2.24, 2.45) is 0 Å². The van der Waals surface area contributed by atoms with Crippen LogP contribution in [0.3, 0.4) is 0 Å². The fourth-order valence-electron chi connectivity index (χ4n) is 2.53. The van der Waals surface area contributed by atoms with Crippen molar-refractivity contribution < 1.29 is 22.7 Å². The Hall–Kier alpha value is -3.63. The summed E-state index contributed by atoms with van der Waals surface area (Å²) in [6.45, 7) is 3.65. The van der Waals surface area contributed by atoms with Crippen molar-refractivity contribution in [1.29, 1.82) is 0 Å². The molecule has 0 saturated carbocycles. The van der Waals surface area contributed by atoms with E-state index in [1.807, 2.05) is 0 Å². The predicted molar refractivity (Wildman–Crippen MR) is 112 cm³/mol. The quantitative estimate of drug-likeness (QED) is 0.619. The Balaban J connectivity index is 0.000000654. The Morgan fingerprint density at radius 2 is 1.91 bits per heavy atom. The standard InChI is InChI=1S/C17H14F2N4O4.C4H9F/c1-27-13-4-2-3-11-15(13)16(25)23(17(26)22-11)8-14(24)21-7-12-10(19)5-9(18)6-20-12;1-4(2,3)5/h2-6H,7-8H2,1H3,(H,21,24)(H,22,26);1-3H3. The lowest BCUT2D eigenvalue weighted by Gasteiger charge is -2.09. The molecule has 0 spiro atoms. The summed E-state index contributed by atoms with van der Waals surface area (Å²) in [5.74, 6) is -2.23. The van der Waals surface area contributed by atoms with Crippen LogP contribution in [0.1, 0.15) is 26.5 Å². The zero-order valence-electron chi connectivity index (χ0n) is 18.0. The maximum Gasteiger partial charge on any atom is 0.329 e. The zero-order valence-corrected chi connectivity index (χ0v) is 18.0. The molecule has 2 N–H and O–H groups in total. The van der Waals surface area contributed by atoms with E-state index in [0.29, 0.717) is 10.6 Å². The molecule has 0 unspecified atom stereocenters. The van der Waals surface area contributed by atoms with E-state index in [-0.39, 0.29) is 28.9 Å². The van der Waals surface area contributed by atoms with Crippen molar-refractivity contribution in [2.45, 2.75) is 39.5 Å². The number of amides is 1. The zero-order chi connectivity index (χ0) is 24.1. The van der Waals surface area contributed by atoms with Gasteiger partial charge in [-0.1, -0.05) is 6.07 Å². The van der Waals surface area contributed by atoms with Crippen LogP contribution in [0.4, 0.5) is 13.2 Å². The Kier molecular flexibility index (Phi) is 7.79. The van der Waals surface area contributed by atoms with Crippen LogP contribution < -0.4 is 21.3 Å². The average molecular weight is 452 g/mol. The number of hydrogen-bond donors (Lipinski definition) is 2. The number of nitrogens with one attached hydrogen (secondary N) is 2. The number of carbonyl (C=O) groups is 1. The Labute approximate surface area is 181 Å². The van der Waals surface area contributed by atoms with E-state index in [9.17, 15) is 27.6 Å². The van der Waals surface area contributed by atoms with Gasteiger partial charge in [-0.25, -0.2) is 18.0 Å². The summed E-state index contributed by atoms with van der Waals surface area (Å²) >= 11 is 0. The molecule has 2 heterocycles. The van der Waals surface area contributed by atoms with Gasteiger partial charge in [-0.15, -0.1) is 0 Å². The maximum atomic E-state index is 13.5. The normalized spacial score (nSPS) is 11.0. The highest BCUT2D eigenvalue weighted by Crippen LogP contribution is 2.19. The van der Waals surface area contributed by atoms with Crippen LogP contribution in [0.25, 0.3) is 10.9 Å². The Morgan fingerprint density at radius 1 is 1.25 bits per heavy atom. The first-order chi connectivity index (χ1) is 14.9. The average Bonchev–Trinajstić information content (AvgIpc) is 2.68. The monoisotopic (exact) mass is 452 g/mol. The number of ether oxygens (including phenoxy) is 1. The number of pyridine rings is 1. The van der Waals surface area contributed by atoms with E-state index in [4.69, 9.17) is 4.74 Å². The lowest BCUT2D eigenvalue weighted by molar-refractivity contribution is -0.121. The van der Waals surface area contributed by atoms with Crippen molar-refractivity contribution in [2.75, 3.05) is 7.11 Å². The van der Waals surface area contributed by atoms with E-state index >= 15 is 0 Å². The second-order valence-electron chi connectivity index (χ2n) is 7.63. The first-order valence-corrected chi connectivity index (χ1v) is 9.46. The minimum absolute atomic E-state index is 0.124. The van der Waals surface area contributed by atoms with Crippen LogP contribution >= 0.6 is 0 Å². The Morgan fingerprint density at radius 3 is 2.50 bits per heavy atom. The summed E-state index contributed by atoms with van der Waals surface area (Å²) in [5, 5.41) is 2.45. The van der Waals surface area contributed by atoms with Crippen LogP contribution in [0.2, 0.25) is 0 Å². The third kappa shape index (κ3) is 6.69. The van der Waals surface area contributed by atoms with Crippen LogP contribution in [0, 0.1) is 11.6 Å². The highest BCUT2D eigenvalue weighted by atomic mass is 19.1. The van der Waals surface area contributed by atoms with Crippen LogP contribution in [-0.4, -0.2) is 33.2 Å². The number of carbonyl (C=O) groups excluding carboxylic acids is 1. The van der Waals surface area contributed by atoms with Gasteiger partial charge in [-0.05, 0) is 32.9 Å². The molecule has 172 valence electrons. The molecule has 1 amide bonds. The molecule has 2 aromatic heterocycles. The fourth-order valence-corrected chi connectivity index (χ4v) is 2.53. The molecule has 0 aliphatic rings. The van der Waals surface area contributed by atoms with Crippen LogP contribution in [0.15, 0.2) is 40.1 Å². The molecule has 0 fully saturated rings. The molecule has 0 bridgehead atoms. The summed E-state index contributed by atoms with van der Waals surface area (Å²) < 4.78 is 43.9. The van der Waals surface area contributed by atoms with Gasteiger partial charge >= 0.3 is 5.69 Å². The van der Waals surface area contributed by atoms with Crippen molar-refractivity contribution in [1.82, 2.24) is 19.9 Å². The third-order valence-corrected chi connectivity index (χ3v) is 3.83. The van der Waals surface area contributed by atoms with E-state index in [1.54, 1.807) is 12.1 Å². The second-order valence-corrected chi connectivity index (χ2v) is 7.63. The number of methoxy groups -OCH3 is 1. The lowest BCUT2D eigenvalue weighted by Crippen LogP contribution is -2.40. The molecule has 0 radical (unpaired) electrons. The highest BCUT2D eigenvalue weighted by Gasteiger charge is 2.15. The first kappa shape index (κ1) is 24.6. The smallest absolute Gasteiger partial charge is 0.329 e. The minimum Gasteiger partial charge on any atom is -0.496 e. The lowest BCUT2D eigenvalue weighted by atomic mass is 10.2. The SMILES string of the molecule is CC(C)(C)F.COc1cccc2[nH]c(=O)n(CC(=O)NCc3ncc(F)cc3F)c(=O)c12. The van der Waals surface area contributed by atoms with Gasteiger partial charge in [-0.2, -0.15) is 0 Å². The van der Waals surface area contributed by atoms with Gasteiger partial charge in [0.05, 0.1) is 31.1 Å². The topological polar surface area (TPSA) is 106 Å². The van der Waals surface area contributed by atoms with Gasteiger partial charge in [0.1, 0.15) is 35.0 Å². The van der Waals surface area contributed by atoms with Gasteiger partial charge in [-0.3, -0.25) is 19.1 Å². The van der Waals surface area contributed by atoms with Gasteiger partial charge in [0.15, 0.2) is 0 Å². The molecule has 8 nitrogen and oxygen atoms in total. The van der Waals surface area contributed by atoms with Gasteiger partial charge in [0.2, 0.25) is 5.91 Å². The summed E-state index contributed by atoms with van der Waals surface area (Å²) in [5.41, 5.74) is -2.38. The van der Waals surface area contributed by atoms with Gasteiger partial charge < -0.3 is 15.0 Å². The molecule has 0 saturated heterocycles. The van der Waals surface area contributed by atoms with Crippen LogP contribution in [0.5, 0.6) is 5.75 Å². The van der Waals surface area contributed by atoms with Crippen molar-refractivity contribution >= 4 is 16.8 Å². The van der Waals surface area contributed by atoms with Gasteiger partial charge in [0.25, 0.3) is 5.56 Å². The van der Waals surface area contributed by atoms with Crippen molar-refractivity contribution in [3.05, 3.63) is 68.6 Å². The molecule has 11 heteroatoms. The fraction of sp³-hybridized carbons (Fsp3) is 0.333. The van der Waals surface area contributed by atoms with Crippen LogP contribution in [-0.2, 0) is 17.9 Å². The maximum absolute atomic E-state index is 13.5. The minimum atomic E-state index is -1.00. The number of alkyl halides is 1. The molecule has 32 heavy (non-hydrogen) atoms. The summed E-state index contributed by atoms with van der Waals surface area (Å²) in [7, 11) is 1.38. The molecular weight excluding hydrogens is 429 g/mol. The molecular formula is C21H23F3N4O4. The van der Waals surface area contributed by atoms with E-state index < -0.39 is 41.0 Å². The number of aromatic nitrogens is 3. The number of halogens is 3. The molecule has 3 aromatic rings. The summed E-state index contributed by atoms with van der Waals surface area (Å²) in [6.07, 6.45) is 0.815. The molecule has 0 atom stereocenters. The highest BCUT2D eigenvalue weighted by molar-refractivity contribution is 5.84. The molecule has 0 aliphatic heterocycles.